The second kappa shape index (κ2) is 17.1. The van der Waals surface area contributed by atoms with E-state index in [0.29, 0.717) is 38.5 Å². The van der Waals surface area contributed by atoms with Crippen LogP contribution >= 0.6 is 0 Å². The van der Waals surface area contributed by atoms with Gasteiger partial charge >= 0.3 is 0 Å². The molecule has 9 heteroatoms. The van der Waals surface area contributed by atoms with Gasteiger partial charge in [0.05, 0.1) is 0 Å². The molecule has 4 unspecified atom stereocenters. The third-order valence-electron chi connectivity index (χ3n) is 5.21. The Labute approximate surface area is 172 Å². The second-order valence-corrected chi connectivity index (χ2v) is 7.58. The SMILES string of the molecule is CCCCCC(C(O)CCCCC(O)C(CCCCCC=C=O)[N+](=O)[O-])[N+](=O)[O-]. The fourth-order valence-corrected chi connectivity index (χ4v) is 3.41. The summed E-state index contributed by atoms with van der Waals surface area (Å²) in [5, 5.41) is 42.6. The number of aliphatic hydroxyl groups is 2. The molecule has 0 aromatic carbocycles. The maximum Gasteiger partial charge on any atom is 0.238 e. The van der Waals surface area contributed by atoms with E-state index in [2.05, 4.69) is 0 Å². The van der Waals surface area contributed by atoms with Crippen LogP contribution in [0.2, 0.25) is 0 Å². The molecule has 29 heavy (non-hydrogen) atoms. The van der Waals surface area contributed by atoms with Gasteiger partial charge in [0.25, 0.3) is 0 Å². The summed E-state index contributed by atoms with van der Waals surface area (Å²) in [5.74, 6) is 1.69. The van der Waals surface area contributed by atoms with Crippen LogP contribution in [0.3, 0.4) is 0 Å². The number of carbonyl (C=O) groups excluding carboxylic acids is 1. The Morgan fingerprint density at radius 3 is 1.66 bits per heavy atom. The summed E-state index contributed by atoms with van der Waals surface area (Å²) >= 11 is 0. The van der Waals surface area contributed by atoms with Crippen LogP contribution in [0.25, 0.3) is 0 Å². The van der Waals surface area contributed by atoms with Gasteiger partial charge in [0.15, 0.2) is 0 Å². The standard InChI is InChI=1S/C20H36N2O7/c1-2-3-7-12-17(21(26)27)19(24)14-9-10-15-20(25)18(22(28)29)13-8-5-4-6-11-16-23/h11,17-20,24-25H,2-10,12-15H2,1H3. The van der Waals surface area contributed by atoms with Crippen molar-refractivity contribution >= 4 is 5.94 Å². The van der Waals surface area contributed by atoms with Gasteiger partial charge in [-0.25, -0.2) is 4.79 Å². The van der Waals surface area contributed by atoms with Crippen LogP contribution in [0.15, 0.2) is 6.08 Å². The van der Waals surface area contributed by atoms with Crippen molar-refractivity contribution in [2.24, 2.45) is 0 Å². The summed E-state index contributed by atoms with van der Waals surface area (Å²) < 4.78 is 0. The highest BCUT2D eigenvalue weighted by molar-refractivity contribution is 5.44. The predicted octanol–water partition coefficient (Wildman–Crippen LogP) is 3.48. The number of hydrogen-bond acceptors (Lipinski definition) is 7. The Bertz CT molecular complexity index is 509. The van der Waals surface area contributed by atoms with Gasteiger partial charge in [0, 0.05) is 22.7 Å². The molecule has 0 rings (SSSR count). The van der Waals surface area contributed by atoms with Crippen molar-refractivity contribution in [2.45, 2.75) is 115 Å². The van der Waals surface area contributed by atoms with Crippen molar-refractivity contribution in [1.29, 1.82) is 0 Å². The van der Waals surface area contributed by atoms with Crippen molar-refractivity contribution in [3.8, 4) is 0 Å². The number of aliphatic hydroxyl groups excluding tert-OH is 2. The van der Waals surface area contributed by atoms with Gasteiger partial charge in [-0.2, -0.15) is 0 Å². The fraction of sp³-hybridized carbons (Fsp3) is 0.900. The molecule has 0 saturated heterocycles. The van der Waals surface area contributed by atoms with E-state index in [1.165, 1.54) is 6.08 Å². The first-order chi connectivity index (χ1) is 13.8. The molecular formula is C20H36N2O7. The Kier molecular flexibility index (Phi) is 16.0. The lowest BCUT2D eigenvalue weighted by Gasteiger charge is -2.18. The summed E-state index contributed by atoms with van der Waals surface area (Å²) in [7, 11) is 0. The van der Waals surface area contributed by atoms with Crippen LogP contribution in [-0.2, 0) is 4.79 Å². The molecule has 0 radical (unpaired) electrons. The highest BCUT2D eigenvalue weighted by atomic mass is 16.6. The van der Waals surface area contributed by atoms with E-state index >= 15 is 0 Å². The van der Waals surface area contributed by atoms with Crippen LogP contribution in [0.4, 0.5) is 0 Å². The topological polar surface area (TPSA) is 144 Å². The van der Waals surface area contributed by atoms with E-state index in [9.17, 15) is 35.2 Å². The third kappa shape index (κ3) is 13.1. The number of hydrogen-bond donors (Lipinski definition) is 2. The molecule has 0 aromatic heterocycles. The smallest absolute Gasteiger partial charge is 0.238 e. The van der Waals surface area contributed by atoms with Crippen molar-refractivity contribution in [1.82, 2.24) is 0 Å². The Hall–Kier alpha value is -1.83. The van der Waals surface area contributed by atoms with E-state index in [-0.39, 0.29) is 19.3 Å². The molecule has 0 saturated carbocycles. The van der Waals surface area contributed by atoms with Gasteiger partial charge in [-0.3, -0.25) is 20.2 Å². The van der Waals surface area contributed by atoms with Gasteiger partial charge < -0.3 is 10.2 Å². The first-order valence-corrected chi connectivity index (χ1v) is 10.7. The summed E-state index contributed by atoms with van der Waals surface area (Å²) in [6.07, 6.45) is 6.52. The quantitative estimate of drug-likeness (QED) is 0.142. The molecule has 4 atom stereocenters. The van der Waals surface area contributed by atoms with E-state index < -0.39 is 34.1 Å². The first-order valence-electron chi connectivity index (χ1n) is 10.7. The molecule has 0 bridgehead atoms. The van der Waals surface area contributed by atoms with E-state index in [1.54, 1.807) is 5.94 Å². The molecule has 0 spiro atoms. The van der Waals surface area contributed by atoms with Crippen molar-refractivity contribution in [3.05, 3.63) is 26.3 Å². The van der Waals surface area contributed by atoms with E-state index in [4.69, 9.17) is 0 Å². The molecule has 0 aromatic rings. The number of nitro groups is 2. The predicted molar refractivity (Wildman–Crippen MR) is 110 cm³/mol. The van der Waals surface area contributed by atoms with E-state index in [0.717, 1.165) is 25.7 Å². The van der Waals surface area contributed by atoms with Gasteiger partial charge in [0.1, 0.15) is 18.1 Å². The zero-order valence-electron chi connectivity index (χ0n) is 17.4. The minimum atomic E-state index is -1.08. The Morgan fingerprint density at radius 2 is 1.24 bits per heavy atom. The van der Waals surface area contributed by atoms with Crippen molar-refractivity contribution < 1.29 is 24.9 Å². The van der Waals surface area contributed by atoms with Gasteiger partial charge in [-0.1, -0.05) is 39.0 Å². The molecular weight excluding hydrogens is 380 g/mol. The van der Waals surface area contributed by atoms with Gasteiger partial charge in [-0.15, -0.1) is 0 Å². The molecule has 0 fully saturated rings. The number of unbranched alkanes of at least 4 members (excludes halogenated alkanes) is 6. The Morgan fingerprint density at radius 1 is 0.793 bits per heavy atom. The number of allylic oxidation sites excluding steroid dienone is 1. The van der Waals surface area contributed by atoms with Gasteiger partial charge in [-0.05, 0) is 44.6 Å². The lowest BCUT2D eigenvalue weighted by molar-refractivity contribution is -0.536. The molecule has 0 aliphatic carbocycles. The molecule has 9 nitrogen and oxygen atoms in total. The molecule has 2 N–H and O–H groups in total. The molecule has 0 aliphatic rings. The lowest BCUT2D eigenvalue weighted by atomic mass is 9.96. The highest BCUT2D eigenvalue weighted by Gasteiger charge is 2.30. The molecule has 0 amide bonds. The van der Waals surface area contributed by atoms with Crippen LogP contribution in [0, 0.1) is 20.2 Å². The van der Waals surface area contributed by atoms with Crippen LogP contribution in [0.5, 0.6) is 0 Å². The van der Waals surface area contributed by atoms with E-state index in [1.807, 2.05) is 6.92 Å². The number of nitrogens with zero attached hydrogens (tertiary/aromatic N) is 2. The van der Waals surface area contributed by atoms with Crippen LogP contribution < -0.4 is 0 Å². The zero-order chi connectivity index (χ0) is 22.1. The Balaban J connectivity index is 4.23. The van der Waals surface area contributed by atoms with Crippen LogP contribution in [0.1, 0.15) is 90.4 Å². The summed E-state index contributed by atoms with van der Waals surface area (Å²) in [4.78, 5) is 31.5. The normalized spacial score (nSPS) is 15.1. The summed E-state index contributed by atoms with van der Waals surface area (Å²) in [6.45, 7) is 2.01. The number of rotatable bonds is 19. The average Bonchev–Trinajstić information content (AvgIpc) is 2.67. The summed E-state index contributed by atoms with van der Waals surface area (Å²) in [6, 6.07) is -2.02. The maximum absolute atomic E-state index is 11.2. The minimum absolute atomic E-state index is 0.227. The minimum Gasteiger partial charge on any atom is -0.386 e. The largest absolute Gasteiger partial charge is 0.386 e. The molecule has 0 heterocycles. The molecule has 0 aliphatic heterocycles. The van der Waals surface area contributed by atoms with Gasteiger partial charge in [0.2, 0.25) is 12.1 Å². The lowest BCUT2D eigenvalue weighted by Crippen LogP contribution is -2.34. The van der Waals surface area contributed by atoms with Crippen LogP contribution in [-0.4, -0.2) is 50.3 Å². The molecule has 168 valence electrons. The van der Waals surface area contributed by atoms with Crippen molar-refractivity contribution in [3.63, 3.8) is 0 Å². The fourth-order valence-electron chi connectivity index (χ4n) is 3.41. The van der Waals surface area contributed by atoms with Crippen molar-refractivity contribution in [2.75, 3.05) is 0 Å². The zero-order valence-corrected chi connectivity index (χ0v) is 17.4. The maximum atomic E-state index is 11.2. The third-order valence-corrected chi connectivity index (χ3v) is 5.21. The second-order valence-electron chi connectivity index (χ2n) is 7.58. The monoisotopic (exact) mass is 416 g/mol. The first kappa shape index (κ1) is 27.2. The average molecular weight is 417 g/mol. The highest BCUT2D eigenvalue weighted by Crippen LogP contribution is 2.18. The summed E-state index contributed by atoms with van der Waals surface area (Å²) in [5.41, 5.74) is 0.